The Morgan fingerprint density at radius 3 is 1.78 bits per heavy atom. The fourth-order valence-electron chi connectivity index (χ4n) is 2.42. The van der Waals surface area contributed by atoms with Crippen LogP contribution in [0.3, 0.4) is 0 Å². The van der Waals surface area contributed by atoms with Crippen LogP contribution in [0.1, 0.15) is 71.1 Å². The zero-order valence-corrected chi connectivity index (χ0v) is 18.1. The standard InChI is InChI=1S/C19H42O2SSi/c1-5-6-7-8-9-10-11-12-13-14-18-22-19-17-20-15-16-21-23(2,3)4/h5-19H2,1-4H3. The summed E-state index contributed by atoms with van der Waals surface area (Å²) in [6.07, 6.45) is 14.2. The van der Waals surface area contributed by atoms with Crippen LogP contribution in [0.2, 0.25) is 19.6 Å². The smallest absolute Gasteiger partial charge is 0.183 e. The van der Waals surface area contributed by atoms with Crippen molar-refractivity contribution in [1.29, 1.82) is 0 Å². The molecule has 0 rings (SSSR count). The molecule has 0 aromatic carbocycles. The number of hydrogen-bond donors (Lipinski definition) is 0. The van der Waals surface area contributed by atoms with E-state index in [-0.39, 0.29) is 0 Å². The summed E-state index contributed by atoms with van der Waals surface area (Å²) < 4.78 is 11.4. The third kappa shape index (κ3) is 22.5. The molecule has 4 heteroatoms. The van der Waals surface area contributed by atoms with Crippen molar-refractivity contribution in [1.82, 2.24) is 0 Å². The first-order valence-corrected chi connectivity index (χ1v) is 14.4. The fourth-order valence-corrected chi connectivity index (χ4v) is 3.96. The molecule has 0 radical (unpaired) electrons. The van der Waals surface area contributed by atoms with Gasteiger partial charge in [0.05, 0.1) is 19.8 Å². The predicted molar refractivity (Wildman–Crippen MR) is 109 cm³/mol. The van der Waals surface area contributed by atoms with Gasteiger partial charge in [-0.2, -0.15) is 11.8 Å². The minimum Gasteiger partial charge on any atom is -0.415 e. The van der Waals surface area contributed by atoms with Crippen LogP contribution in [-0.2, 0) is 9.16 Å². The second-order valence-corrected chi connectivity index (χ2v) is 13.1. The summed E-state index contributed by atoms with van der Waals surface area (Å²) >= 11 is 2.04. The van der Waals surface area contributed by atoms with Crippen molar-refractivity contribution in [2.45, 2.75) is 90.8 Å². The molecule has 0 aliphatic heterocycles. The van der Waals surface area contributed by atoms with Gasteiger partial charge in [-0.15, -0.1) is 0 Å². The quantitative estimate of drug-likeness (QED) is 0.204. The summed E-state index contributed by atoms with van der Waals surface area (Å²) in [5, 5.41) is 0. The monoisotopic (exact) mass is 362 g/mol. The van der Waals surface area contributed by atoms with Crippen molar-refractivity contribution in [3.8, 4) is 0 Å². The van der Waals surface area contributed by atoms with Gasteiger partial charge in [-0.1, -0.05) is 64.7 Å². The van der Waals surface area contributed by atoms with Gasteiger partial charge in [-0.25, -0.2) is 0 Å². The number of thioether (sulfide) groups is 1. The number of rotatable bonds is 18. The molecule has 0 heterocycles. The number of ether oxygens (including phenoxy) is 1. The first-order chi connectivity index (χ1) is 11.1. The summed E-state index contributed by atoms with van der Waals surface area (Å²) in [5.41, 5.74) is 0. The molecule has 0 aromatic rings. The molecular weight excluding hydrogens is 320 g/mol. The van der Waals surface area contributed by atoms with Gasteiger partial charge >= 0.3 is 0 Å². The van der Waals surface area contributed by atoms with Crippen molar-refractivity contribution in [3.05, 3.63) is 0 Å². The lowest BCUT2D eigenvalue weighted by Gasteiger charge is -2.16. The van der Waals surface area contributed by atoms with E-state index in [0.717, 1.165) is 25.6 Å². The first-order valence-electron chi connectivity index (χ1n) is 9.85. The lowest BCUT2D eigenvalue weighted by atomic mass is 10.1. The van der Waals surface area contributed by atoms with E-state index in [2.05, 4.69) is 26.6 Å². The van der Waals surface area contributed by atoms with Gasteiger partial charge < -0.3 is 9.16 Å². The number of unbranched alkanes of at least 4 members (excludes halogenated alkanes) is 9. The van der Waals surface area contributed by atoms with Crippen LogP contribution < -0.4 is 0 Å². The Bertz CT molecular complexity index is 232. The van der Waals surface area contributed by atoms with Crippen molar-refractivity contribution in [2.75, 3.05) is 31.3 Å². The molecule has 0 spiro atoms. The average Bonchev–Trinajstić information content (AvgIpc) is 2.49. The largest absolute Gasteiger partial charge is 0.415 e. The molecule has 0 aliphatic carbocycles. The fraction of sp³-hybridized carbons (Fsp3) is 1.00. The van der Waals surface area contributed by atoms with Gasteiger partial charge in [0, 0.05) is 5.75 Å². The van der Waals surface area contributed by atoms with Crippen LogP contribution in [0.15, 0.2) is 0 Å². The lowest BCUT2D eigenvalue weighted by Crippen LogP contribution is -2.27. The Kier molecular flexibility index (Phi) is 17.7. The summed E-state index contributed by atoms with van der Waals surface area (Å²) in [6.45, 7) is 11.3. The molecule has 0 saturated heterocycles. The maximum absolute atomic E-state index is 5.76. The van der Waals surface area contributed by atoms with E-state index in [4.69, 9.17) is 9.16 Å². The summed E-state index contributed by atoms with van der Waals surface area (Å²) in [4.78, 5) is 0. The van der Waals surface area contributed by atoms with E-state index in [1.165, 1.54) is 70.0 Å². The van der Waals surface area contributed by atoms with Crippen LogP contribution >= 0.6 is 11.8 Å². The summed E-state index contributed by atoms with van der Waals surface area (Å²) in [7, 11) is -1.35. The molecule has 0 aliphatic rings. The Balaban J connectivity index is 3.00. The van der Waals surface area contributed by atoms with Crippen LogP contribution in [0, 0.1) is 0 Å². The van der Waals surface area contributed by atoms with Crippen LogP contribution in [0.25, 0.3) is 0 Å². The van der Waals surface area contributed by atoms with E-state index in [1.807, 2.05) is 11.8 Å². The Labute approximate surface area is 151 Å². The predicted octanol–water partition coefficient (Wildman–Crippen LogP) is 6.51. The minimum absolute atomic E-state index is 0.753. The van der Waals surface area contributed by atoms with E-state index in [9.17, 15) is 0 Å². The van der Waals surface area contributed by atoms with Gasteiger partial charge in [0.2, 0.25) is 0 Å². The second-order valence-electron chi connectivity index (χ2n) is 7.37. The second kappa shape index (κ2) is 17.3. The van der Waals surface area contributed by atoms with Gasteiger partial charge in [0.1, 0.15) is 0 Å². The van der Waals surface area contributed by atoms with Crippen LogP contribution in [-0.4, -0.2) is 39.6 Å². The van der Waals surface area contributed by atoms with Gasteiger partial charge in [-0.3, -0.25) is 0 Å². The third-order valence-corrected chi connectivity index (χ3v) is 5.88. The highest BCUT2D eigenvalue weighted by Crippen LogP contribution is 2.12. The summed E-state index contributed by atoms with van der Waals surface area (Å²) in [6, 6.07) is 0. The molecule has 0 saturated carbocycles. The maximum Gasteiger partial charge on any atom is 0.183 e. The molecule has 0 fully saturated rings. The van der Waals surface area contributed by atoms with Gasteiger partial charge in [0.15, 0.2) is 8.32 Å². The van der Waals surface area contributed by atoms with Crippen molar-refractivity contribution < 1.29 is 9.16 Å². The maximum atomic E-state index is 5.76. The highest BCUT2D eigenvalue weighted by Gasteiger charge is 2.12. The molecular formula is C19H42O2SSi. The topological polar surface area (TPSA) is 18.5 Å². The average molecular weight is 363 g/mol. The Morgan fingerprint density at radius 2 is 1.22 bits per heavy atom. The van der Waals surface area contributed by atoms with Crippen molar-refractivity contribution in [2.24, 2.45) is 0 Å². The van der Waals surface area contributed by atoms with Gasteiger partial charge in [-0.05, 0) is 31.8 Å². The zero-order chi connectivity index (χ0) is 17.2. The minimum atomic E-state index is -1.35. The molecule has 0 aromatic heterocycles. The Hall–Kier alpha value is 0.487. The van der Waals surface area contributed by atoms with Crippen LogP contribution in [0.5, 0.6) is 0 Å². The molecule has 0 amide bonds. The lowest BCUT2D eigenvalue weighted by molar-refractivity contribution is 0.109. The highest BCUT2D eigenvalue weighted by atomic mass is 32.2. The Morgan fingerprint density at radius 1 is 0.652 bits per heavy atom. The van der Waals surface area contributed by atoms with E-state index >= 15 is 0 Å². The highest BCUT2D eigenvalue weighted by molar-refractivity contribution is 7.99. The molecule has 2 nitrogen and oxygen atoms in total. The van der Waals surface area contributed by atoms with Crippen molar-refractivity contribution in [3.63, 3.8) is 0 Å². The molecule has 140 valence electrons. The van der Waals surface area contributed by atoms with Gasteiger partial charge in [0.25, 0.3) is 0 Å². The molecule has 0 atom stereocenters. The van der Waals surface area contributed by atoms with E-state index in [0.29, 0.717) is 0 Å². The van der Waals surface area contributed by atoms with E-state index < -0.39 is 8.32 Å². The van der Waals surface area contributed by atoms with Crippen molar-refractivity contribution >= 4 is 20.1 Å². The number of hydrogen-bond acceptors (Lipinski definition) is 3. The van der Waals surface area contributed by atoms with E-state index in [1.54, 1.807) is 0 Å². The molecule has 0 N–H and O–H groups in total. The summed E-state index contributed by atoms with van der Waals surface area (Å²) in [5.74, 6) is 2.43. The third-order valence-electron chi connectivity index (χ3n) is 3.78. The SMILES string of the molecule is CCCCCCCCCCCCSCCOCCO[Si](C)(C)C. The first kappa shape index (κ1) is 23.5. The molecule has 23 heavy (non-hydrogen) atoms. The molecule has 0 bridgehead atoms. The van der Waals surface area contributed by atoms with Crippen LogP contribution in [0.4, 0.5) is 0 Å². The zero-order valence-electron chi connectivity index (χ0n) is 16.3. The molecule has 0 unspecified atom stereocenters. The normalized spacial score (nSPS) is 12.0.